The summed E-state index contributed by atoms with van der Waals surface area (Å²) in [7, 11) is -3.53. The summed E-state index contributed by atoms with van der Waals surface area (Å²) in [5.74, 6) is -0.152. The Morgan fingerprint density at radius 3 is 2.34 bits per heavy atom. The van der Waals surface area contributed by atoms with Crippen LogP contribution < -0.4 is 5.32 Å². The van der Waals surface area contributed by atoms with E-state index in [1.54, 1.807) is 24.3 Å². The Balaban J connectivity index is 1.41. The summed E-state index contributed by atoms with van der Waals surface area (Å²) in [5.41, 5.74) is 3.54. The number of aromatic amines is 1. The van der Waals surface area contributed by atoms with E-state index in [9.17, 15) is 18.0 Å². The highest BCUT2D eigenvalue weighted by Gasteiger charge is 2.36. The number of aryl methyl sites for hydroxylation is 1. The second kappa shape index (κ2) is 8.15. The van der Waals surface area contributed by atoms with Crippen molar-refractivity contribution in [2.75, 3.05) is 13.1 Å². The molecule has 1 fully saturated rings. The summed E-state index contributed by atoms with van der Waals surface area (Å²) < 4.78 is 27.3. The average Bonchev–Trinajstić information content (AvgIpc) is 3.04. The molecule has 2 N–H and O–H groups in total. The molecule has 1 aromatic heterocycles. The van der Waals surface area contributed by atoms with Crippen LogP contribution in [0.2, 0.25) is 0 Å². The summed E-state index contributed by atoms with van der Waals surface area (Å²) in [6.07, 6.45) is 2.30. The number of rotatable bonds is 4. The van der Waals surface area contributed by atoms with Gasteiger partial charge in [-0.25, -0.2) is 8.42 Å². The van der Waals surface area contributed by atoms with Gasteiger partial charge in [-0.1, -0.05) is 31.5 Å². The molecule has 2 aromatic rings. The minimum Gasteiger partial charge on any atom is -0.354 e. The molecule has 0 bridgehead atoms. The quantitative estimate of drug-likeness (QED) is 0.735. The van der Waals surface area contributed by atoms with E-state index >= 15 is 0 Å². The maximum absolute atomic E-state index is 13.0. The smallest absolute Gasteiger partial charge is 0.268 e. The number of H-pyrrole nitrogens is 1. The van der Waals surface area contributed by atoms with Crippen LogP contribution in [0.25, 0.3) is 0 Å². The lowest BCUT2D eigenvalue weighted by atomic mass is 9.75. The van der Waals surface area contributed by atoms with Crippen molar-refractivity contribution in [3.05, 3.63) is 52.3 Å². The Hall–Kier alpha value is -2.45. The number of piperidine rings is 1. The third-order valence-corrected chi connectivity index (χ3v) is 8.49. The van der Waals surface area contributed by atoms with Crippen molar-refractivity contribution in [2.45, 2.75) is 64.3 Å². The molecule has 1 aliphatic heterocycles. The Bertz CT molecular complexity index is 1150. The van der Waals surface area contributed by atoms with Crippen LogP contribution in [0.15, 0.2) is 29.2 Å². The lowest BCUT2D eigenvalue weighted by Gasteiger charge is -2.31. The van der Waals surface area contributed by atoms with Crippen LogP contribution >= 0.6 is 0 Å². The molecule has 1 aliphatic carbocycles. The summed E-state index contributed by atoms with van der Waals surface area (Å²) in [4.78, 5) is 29.1. The molecule has 0 atom stereocenters. The van der Waals surface area contributed by atoms with Crippen molar-refractivity contribution >= 4 is 21.7 Å². The zero-order valence-corrected chi connectivity index (χ0v) is 19.9. The normalized spacial score (nSPS) is 19.6. The molecular weight excluding hydrogens is 426 g/mol. The van der Waals surface area contributed by atoms with E-state index in [2.05, 4.69) is 24.1 Å². The van der Waals surface area contributed by atoms with Gasteiger partial charge in [0.25, 0.3) is 5.91 Å². The lowest BCUT2D eigenvalue weighted by Crippen LogP contribution is -2.46. The number of nitrogens with one attached hydrogen (secondary N) is 2. The number of ketones is 1. The second-order valence-electron chi connectivity index (χ2n) is 9.88. The van der Waals surface area contributed by atoms with Gasteiger partial charge in [0.2, 0.25) is 10.0 Å². The van der Waals surface area contributed by atoms with E-state index in [1.165, 1.54) is 4.31 Å². The van der Waals surface area contributed by atoms with Crippen LogP contribution in [-0.4, -0.2) is 48.5 Å². The first-order chi connectivity index (χ1) is 15.0. The van der Waals surface area contributed by atoms with Crippen LogP contribution in [0.3, 0.4) is 0 Å². The summed E-state index contributed by atoms with van der Waals surface area (Å²) in [6.45, 7) is 8.56. The van der Waals surface area contributed by atoms with E-state index in [0.29, 0.717) is 54.1 Å². The van der Waals surface area contributed by atoms with Crippen molar-refractivity contribution < 1.29 is 18.0 Å². The van der Waals surface area contributed by atoms with Crippen molar-refractivity contribution in [1.29, 1.82) is 0 Å². The number of Topliss-reactive ketones (excluding diaryl/α,β-unsaturated/α-hetero) is 1. The third kappa shape index (κ3) is 4.26. The zero-order chi connectivity index (χ0) is 23.3. The van der Waals surface area contributed by atoms with Gasteiger partial charge in [-0.3, -0.25) is 9.59 Å². The number of carbonyl (C=O) groups is 2. The number of sulfonamides is 1. The largest absolute Gasteiger partial charge is 0.354 e. The number of benzene rings is 1. The predicted molar refractivity (Wildman–Crippen MR) is 122 cm³/mol. The van der Waals surface area contributed by atoms with E-state index in [4.69, 9.17) is 0 Å². The number of hydrogen-bond acceptors (Lipinski definition) is 4. The maximum Gasteiger partial charge on any atom is 0.268 e. The van der Waals surface area contributed by atoms with Gasteiger partial charge >= 0.3 is 0 Å². The molecule has 1 amide bonds. The Kier molecular flexibility index (Phi) is 5.79. The van der Waals surface area contributed by atoms with Crippen LogP contribution in [0.1, 0.15) is 70.8 Å². The molecular formula is C24H31N3O4S. The van der Waals surface area contributed by atoms with Crippen LogP contribution in [0.4, 0.5) is 0 Å². The molecule has 2 aliphatic rings. The SMILES string of the molecule is Cc1ccc(S(=O)(=O)N2CCC(NC(=O)c3[nH]c4c(c3C)C(=O)CC(C)(C)C4)CC2)cc1. The Labute approximate surface area is 189 Å². The number of hydrogen-bond donors (Lipinski definition) is 2. The highest BCUT2D eigenvalue weighted by atomic mass is 32.2. The van der Waals surface area contributed by atoms with Gasteiger partial charge in [-0.15, -0.1) is 0 Å². The number of fused-ring (bicyclic) bond motifs is 1. The van der Waals surface area contributed by atoms with Gasteiger partial charge in [-0.05, 0) is 56.2 Å². The fourth-order valence-electron chi connectivity index (χ4n) is 4.82. The fraction of sp³-hybridized carbons (Fsp3) is 0.500. The van der Waals surface area contributed by atoms with Crippen LogP contribution in [0, 0.1) is 19.3 Å². The molecule has 0 spiro atoms. The van der Waals surface area contributed by atoms with Gasteiger partial charge in [0, 0.05) is 36.8 Å². The molecule has 172 valence electrons. The first kappa shape index (κ1) is 22.7. The predicted octanol–water partition coefficient (Wildman–Crippen LogP) is 3.37. The number of nitrogens with zero attached hydrogens (tertiary/aromatic N) is 1. The summed E-state index contributed by atoms with van der Waals surface area (Å²) in [6, 6.07) is 6.75. The molecule has 8 heteroatoms. The molecule has 1 aromatic carbocycles. The van der Waals surface area contributed by atoms with Crippen LogP contribution in [-0.2, 0) is 16.4 Å². The van der Waals surface area contributed by atoms with E-state index in [1.807, 2.05) is 13.8 Å². The molecule has 2 heterocycles. The van der Waals surface area contributed by atoms with E-state index < -0.39 is 10.0 Å². The number of carbonyl (C=O) groups excluding carboxylic acids is 2. The first-order valence-corrected chi connectivity index (χ1v) is 12.5. The van der Waals surface area contributed by atoms with Crippen molar-refractivity contribution in [3.63, 3.8) is 0 Å². The third-order valence-electron chi connectivity index (χ3n) is 6.58. The Morgan fingerprint density at radius 2 is 1.72 bits per heavy atom. The zero-order valence-electron chi connectivity index (χ0n) is 19.1. The summed E-state index contributed by atoms with van der Waals surface area (Å²) >= 11 is 0. The standard InChI is InChI=1S/C24H31N3O4S/c1-15-5-7-18(8-6-15)32(30,31)27-11-9-17(10-12-27)25-23(29)22-16(2)21-19(26-22)13-24(3,4)14-20(21)28/h5-8,17,26H,9-14H2,1-4H3,(H,25,29). The number of aromatic nitrogens is 1. The lowest BCUT2D eigenvalue weighted by molar-refractivity contribution is 0.0906. The van der Waals surface area contributed by atoms with Gasteiger partial charge in [-0.2, -0.15) is 4.31 Å². The molecule has 0 radical (unpaired) electrons. The van der Waals surface area contributed by atoms with Crippen molar-refractivity contribution in [2.24, 2.45) is 5.41 Å². The van der Waals surface area contributed by atoms with Gasteiger partial charge in [0.1, 0.15) is 5.69 Å². The fourth-order valence-corrected chi connectivity index (χ4v) is 6.29. The highest BCUT2D eigenvalue weighted by molar-refractivity contribution is 7.89. The average molecular weight is 458 g/mol. The first-order valence-electron chi connectivity index (χ1n) is 11.1. The topological polar surface area (TPSA) is 99.3 Å². The number of amides is 1. The van der Waals surface area contributed by atoms with Crippen molar-refractivity contribution in [1.82, 2.24) is 14.6 Å². The van der Waals surface area contributed by atoms with Gasteiger partial charge < -0.3 is 10.3 Å². The van der Waals surface area contributed by atoms with Gasteiger partial charge in [0.05, 0.1) is 4.90 Å². The maximum atomic E-state index is 13.0. The monoisotopic (exact) mass is 457 g/mol. The Morgan fingerprint density at radius 1 is 1.09 bits per heavy atom. The molecule has 0 unspecified atom stereocenters. The van der Waals surface area contributed by atoms with Crippen molar-refractivity contribution in [3.8, 4) is 0 Å². The molecule has 4 rings (SSSR count). The highest BCUT2D eigenvalue weighted by Crippen LogP contribution is 2.36. The molecule has 0 saturated carbocycles. The minimum absolute atomic E-state index is 0.0821. The summed E-state index contributed by atoms with van der Waals surface area (Å²) in [5, 5.41) is 3.04. The molecule has 32 heavy (non-hydrogen) atoms. The molecule has 7 nitrogen and oxygen atoms in total. The second-order valence-corrected chi connectivity index (χ2v) is 11.8. The van der Waals surface area contributed by atoms with E-state index in [-0.39, 0.29) is 23.1 Å². The van der Waals surface area contributed by atoms with Crippen LogP contribution in [0.5, 0.6) is 0 Å². The minimum atomic E-state index is -3.53. The van der Waals surface area contributed by atoms with E-state index in [0.717, 1.165) is 17.7 Å². The molecule has 1 saturated heterocycles. The van der Waals surface area contributed by atoms with Gasteiger partial charge in [0.15, 0.2) is 5.78 Å².